The first-order chi connectivity index (χ1) is 9.38. The van der Waals surface area contributed by atoms with Gasteiger partial charge in [-0.3, -0.25) is 0 Å². The molecule has 1 heterocycles. The van der Waals surface area contributed by atoms with Crippen molar-refractivity contribution in [1.82, 2.24) is 4.98 Å². The number of rotatable bonds is 3. The van der Waals surface area contributed by atoms with Crippen molar-refractivity contribution in [3.63, 3.8) is 0 Å². The summed E-state index contributed by atoms with van der Waals surface area (Å²) in [5.41, 5.74) is 1.15. The Morgan fingerprint density at radius 1 is 1.05 bits per heavy atom. The lowest BCUT2D eigenvalue weighted by Crippen LogP contribution is -2.06. The fourth-order valence-corrected chi connectivity index (χ4v) is 2.29. The monoisotopic (exact) mass is 320 g/mol. The van der Waals surface area contributed by atoms with Crippen LogP contribution in [-0.2, 0) is 6.54 Å². The highest BCUT2D eigenvalue weighted by molar-refractivity contribution is 6.34. The molecule has 7 heteroatoms. The predicted octanol–water partition coefficient (Wildman–Crippen LogP) is 4.73. The van der Waals surface area contributed by atoms with E-state index in [2.05, 4.69) is 10.3 Å². The molecule has 106 valence electrons. The van der Waals surface area contributed by atoms with Crippen LogP contribution < -0.4 is 5.32 Å². The van der Waals surface area contributed by atoms with Gasteiger partial charge >= 0.3 is 0 Å². The van der Waals surface area contributed by atoms with E-state index in [1.165, 1.54) is 0 Å². The topological polar surface area (TPSA) is 24.9 Å². The average molecular weight is 321 g/mol. The smallest absolute Gasteiger partial charge is 0.161 e. The number of nitrogens with one attached hydrogen (secondary N) is 1. The van der Waals surface area contributed by atoms with Crippen LogP contribution in [0, 0.1) is 24.4 Å². The number of hydrogen-bond acceptors (Lipinski definition) is 2. The Labute approximate surface area is 123 Å². The van der Waals surface area contributed by atoms with E-state index in [0.717, 1.165) is 6.07 Å². The molecule has 20 heavy (non-hydrogen) atoms. The summed E-state index contributed by atoms with van der Waals surface area (Å²) in [4.78, 5) is 3.84. The number of aromatic nitrogens is 1. The van der Waals surface area contributed by atoms with Gasteiger partial charge in [0.2, 0.25) is 0 Å². The minimum Gasteiger partial charge on any atom is -0.378 e. The largest absolute Gasteiger partial charge is 0.378 e. The molecule has 0 radical (unpaired) electrons. The third-order valence-electron chi connectivity index (χ3n) is 2.69. The van der Waals surface area contributed by atoms with Crippen molar-refractivity contribution in [3.8, 4) is 0 Å². The Balaban J connectivity index is 2.23. The van der Waals surface area contributed by atoms with Crippen molar-refractivity contribution >= 4 is 28.9 Å². The fourth-order valence-electron chi connectivity index (χ4n) is 1.69. The molecule has 1 N–H and O–H groups in total. The van der Waals surface area contributed by atoms with E-state index in [1.807, 2.05) is 0 Å². The molecule has 0 saturated heterocycles. The first-order valence-electron chi connectivity index (χ1n) is 5.58. The number of benzene rings is 1. The summed E-state index contributed by atoms with van der Waals surface area (Å²) in [7, 11) is 0. The number of nitrogens with zero attached hydrogens (tertiary/aromatic N) is 1. The molecule has 0 amide bonds. The van der Waals surface area contributed by atoms with Gasteiger partial charge in [0.15, 0.2) is 16.8 Å². The average Bonchev–Trinajstić information content (AvgIpc) is 2.33. The molecule has 2 nitrogen and oxygen atoms in total. The van der Waals surface area contributed by atoms with Crippen LogP contribution >= 0.6 is 23.2 Å². The summed E-state index contributed by atoms with van der Waals surface area (Å²) in [6.45, 7) is 1.68. The van der Waals surface area contributed by atoms with E-state index < -0.39 is 17.5 Å². The van der Waals surface area contributed by atoms with Gasteiger partial charge in [0.1, 0.15) is 11.0 Å². The summed E-state index contributed by atoms with van der Waals surface area (Å²) in [5, 5.41) is 3.19. The van der Waals surface area contributed by atoms with Crippen LogP contribution in [0.15, 0.2) is 18.2 Å². The van der Waals surface area contributed by atoms with E-state index in [4.69, 9.17) is 23.2 Å². The highest BCUT2D eigenvalue weighted by Gasteiger charge is 2.12. The standard InChI is InChI=1S/C13H9Cl2F3N2/c1-6-2-11(14)20-13(15)12(6)19-5-7-3-9(17)10(18)4-8(7)16/h2-4,19H,5H2,1H3. The number of anilines is 1. The van der Waals surface area contributed by atoms with Crippen LogP contribution in [0.1, 0.15) is 11.1 Å². The Kier molecular flexibility index (Phi) is 4.40. The van der Waals surface area contributed by atoms with Crippen LogP contribution in [0.3, 0.4) is 0 Å². The lowest BCUT2D eigenvalue weighted by atomic mass is 10.2. The van der Waals surface area contributed by atoms with Crippen LogP contribution in [0.2, 0.25) is 10.3 Å². The maximum absolute atomic E-state index is 13.5. The summed E-state index contributed by atoms with van der Waals surface area (Å²) in [6.07, 6.45) is 0. The summed E-state index contributed by atoms with van der Waals surface area (Å²) >= 11 is 11.6. The van der Waals surface area contributed by atoms with Crippen LogP contribution in [-0.4, -0.2) is 4.98 Å². The minimum atomic E-state index is -1.23. The molecule has 0 spiro atoms. The molecule has 2 aromatic rings. The molecule has 0 aliphatic carbocycles. The minimum absolute atomic E-state index is 0.0192. The molecule has 1 aromatic heterocycles. The highest BCUT2D eigenvalue weighted by Crippen LogP contribution is 2.27. The molecule has 0 aliphatic heterocycles. The molecular weight excluding hydrogens is 312 g/mol. The molecule has 2 rings (SSSR count). The molecule has 1 aromatic carbocycles. The van der Waals surface area contributed by atoms with Gasteiger partial charge in [-0.2, -0.15) is 0 Å². The first kappa shape index (κ1) is 14.9. The van der Waals surface area contributed by atoms with Crippen LogP contribution in [0.4, 0.5) is 18.9 Å². The quantitative estimate of drug-likeness (QED) is 0.653. The van der Waals surface area contributed by atoms with Gasteiger partial charge in [-0.25, -0.2) is 18.2 Å². The van der Waals surface area contributed by atoms with E-state index >= 15 is 0 Å². The van der Waals surface area contributed by atoms with Crippen molar-refractivity contribution in [2.75, 3.05) is 5.32 Å². The van der Waals surface area contributed by atoms with Crippen molar-refractivity contribution in [2.45, 2.75) is 13.5 Å². The van der Waals surface area contributed by atoms with Gasteiger partial charge in [-0.1, -0.05) is 23.2 Å². The van der Waals surface area contributed by atoms with Crippen molar-refractivity contribution < 1.29 is 13.2 Å². The van der Waals surface area contributed by atoms with E-state index in [-0.39, 0.29) is 22.4 Å². The third-order valence-corrected chi connectivity index (χ3v) is 3.15. The Bertz CT molecular complexity index is 639. The zero-order valence-electron chi connectivity index (χ0n) is 10.3. The van der Waals surface area contributed by atoms with Crippen LogP contribution in [0.5, 0.6) is 0 Å². The number of aryl methyl sites for hydroxylation is 1. The molecule has 0 unspecified atom stereocenters. The molecule has 0 fully saturated rings. The normalized spacial score (nSPS) is 10.7. The second kappa shape index (κ2) is 5.89. The van der Waals surface area contributed by atoms with Crippen molar-refractivity contribution in [2.24, 2.45) is 0 Å². The zero-order valence-corrected chi connectivity index (χ0v) is 11.8. The van der Waals surface area contributed by atoms with Crippen molar-refractivity contribution in [3.05, 3.63) is 57.1 Å². The maximum atomic E-state index is 13.5. The molecule has 0 atom stereocenters. The van der Waals surface area contributed by atoms with Crippen LogP contribution in [0.25, 0.3) is 0 Å². The Hall–Kier alpha value is -1.46. The molecular formula is C13H9Cl2F3N2. The second-order valence-corrected chi connectivity index (χ2v) is 4.88. The number of hydrogen-bond donors (Lipinski definition) is 1. The predicted molar refractivity (Wildman–Crippen MR) is 72.6 cm³/mol. The number of halogens is 5. The van der Waals surface area contributed by atoms with E-state index in [9.17, 15) is 13.2 Å². The fraction of sp³-hybridized carbons (Fsp3) is 0.154. The van der Waals surface area contributed by atoms with E-state index in [0.29, 0.717) is 17.3 Å². The van der Waals surface area contributed by atoms with Crippen molar-refractivity contribution in [1.29, 1.82) is 0 Å². The number of pyridine rings is 1. The Morgan fingerprint density at radius 2 is 1.70 bits per heavy atom. The Morgan fingerprint density at radius 3 is 2.35 bits per heavy atom. The lowest BCUT2D eigenvalue weighted by molar-refractivity contribution is 0.490. The highest BCUT2D eigenvalue weighted by atomic mass is 35.5. The molecule has 0 aliphatic rings. The molecule has 0 bridgehead atoms. The molecule has 0 saturated carbocycles. The van der Waals surface area contributed by atoms with Gasteiger partial charge in [0.05, 0.1) is 5.69 Å². The zero-order chi connectivity index (χ0) is 14.9. The van der Waals surface area contributed by atoms with Gasteiger partial charge < -0.3 is 5.32 Å². The maximum Gasteiger partial charge on any atom is 0.161 e. The first-order valence-corrected chi connectivity index (χ1v) is 6.34. The summed E-state index contributed by atoms with van der Waals surface area (Å²) < 4.78 is 39.4. The summed E-state index contributed by atoms with van der Waals surface area (Å²) in [6, 6.07) is 2.88. The van der Waals surface area contributed by atoms with Gasteiger partial charge in [-0.15, -0.1) is 0 Å². The van der Waals surface area contributed by atoms with E-state index in [1.54, 1.807) is 13.0 Å². The van der Waals surface area contributed by atoms with Gasteiger partial charge in [0.25, 0.3) is 0 Å². The van der Waals surface area contributed by atoms with Gasteiger partial charge in [-0.05, 0) is 24.6 Å². The lowest BCUT2D eigenvalue weighted by Gasteiger charge is -2.12. The van der Waals surface area contributed by atoms with Gasteiger partial charge in [0, 0.05) is 18.2 Å². The third kappa shape index (κ3) is 3.16. The second-order valence-electron chi connectivity index (χ2n) is 4.14. The summed E-state index contributed by atoms with van der Waals surface area (Å²) in [5.74, 6) is -3.18. The SMILES string of the molecule is Cc1cc(Cl)nc(Cl)c1NCc1cc(F)c(F)cc1F.